The second-order valence-corrected chi connectivity index (χ2v) is 6.22. The van der Waals surface area contributed by atoms with Crippen LogP contribution in [-0.4, -0.2) is 24.7 Å². The number of hydrogen-bond acceptors (Lipinski definition) is 5. The zero-order valence-corrected chi connectivity index (χ0v) is 12.9. The first-order valence-electron chi connectivity index (χ1n) is 6.81. The molecule has 0 fully saturated rings. The van der Waals surface area contributed by atoms with Crippen molar-refractivity contribution in [1.29, 1.82) is 0 Å². The largest absolute Gasteiger partial charge is 0.449 e. The number of alkyl halides is 3. The van der Waals surface area contributed by atoms with Crippen molar-refractivity contribution in [3.8, 4) is 11.5 Å². The summed E-state index contributed by atoms with van der Waals surface area (Å²) >= 11 is 0. The zero-order chi connectivity index (χ0) is 17.0. The van der Waals surface area contributed by atoms with Gasteiger partial charge in [-0.1, -0.05) is 25.9 Å². The number of nitrogens with zero attached hydrogens (tertiary/aromatic N) is 5. The summed E-state index contributed by atoms with van der Waals surface area (Å²) in [4.78, 5) is 11.8. The molecule has 0 saturated carbocycles. The Kier molecular flexibility index (Phi) is 3.20. The molecular weight excluding hydrogens is 311 g/mol. The normalized spacial score (nSPS) is 13.0. The molecule has 0 amide bonds. The highest BCUT2D eigenvalue weighted by Crippen LogP contribution is 2.34. The molecule has 6 nitrogen and oxygen atoms in total. The lowest BCUT2D eigenvalue weighted by molar-refractivity contribution is -0.146. The van der Waals surface area contributed by atoms with Gasteiger partial charge in [-0.15, -0.1) is 0 Å². The number of fused-ring (bicyclic) bond motifs is 1. The maximum absolute atomic E-state index is 13.0. The minimum Gasteiger partial charge on any atom is -0.334 e. The quantitative estimate of drug-likeness (QED) is 0.686. The molecule has 0 aliphatic rings. The molecule has 0 unspecified atom stereocenters. The Morgan fingerprint density at radius 3 is 2.35 bits per heavy atom. The highest BCUT2D eigenvalue weighted by Gasteiger charge is 2.37. The number of aryl methyl sites for hydroxylation is 1. The Balaban J connectivity index is 2.23. The van der Waals surface area contributed by atoms with E-state index in [4.69, 9.17) is 4.52 Å². The van der Waals surface area contributed by atoms with Crippen LogP contribution in [0.2, 0.25) is 0 Å². The standard InChI is InChI=1S/C14H14F3N5O/c1-13(2,3)11-20-10(23-21-11)7-5-18-6-8-9(7)22(4)12(19-8)14(15,16)17/h5-6H,1-4H3. The van der Waals surface area contributed by atoms with Crippen molar-refractivity contribution >= 4 is 11.0 Å². The molecule has 3 aromatic rings. The summed E-state index contributed by atoms with van der Waals surface area (Å²) in [5, 5.41) is 3.89. The van der Waals surface area contributed by atoms with Gasteiger partial charge < -0.3 is 9.09 Å². The second-order valence-electron chi connectivity index (χ2n) is 6.22. The van der Waals surface area contributed by atoms with E-state index < -0.39 is 12.0 Å². The van der Waals surface area contributed by atoms with E-state index in [9.17, 15) is 13.2 Å². The topological polar surface area (TPSA) is 69.6 Å². The van der Waals surface area contributed by atoms with Gasteiger partial charge in [0.1, 0.15) is 5.52 Å². The van der Waals surface area contributed by atoms with Crippen LogP contribution in [0.4, 0.5) is 13.2 Å². The summed E-state index contributed by atoms with van der Waals surface area (Å²) in [6.07, 6.45) is -1.89. The van der Waals surface area contributed by atoms with E-state index in [1.54, 1.807) is 0 Å². The van der Waals surface area contributed by atoms with Crippen LogP contribution in [0.15, 0.2) is 16.9 Å². The highest BCUT2D eigenvalue weighted by molar-refractivity contribution is 5.89. The Morgan fingerprint density at radius 2 is 1.78 bits per heavy atom. The molecule has 0 radical (unpaired) electrons. The summed E-state index contributed by atoms with van der Waals surface area (Å²) in [6, 6.07) is 0. The summed E-state index contributed by atoms with van der Waals surface area (Å²) < 4.78 is 45.3. The van der Waals surface area contributed by atoms with Gasteiger partial charge in [0.05, 0.1) is 17.3 Å². The summed E-state index contributed by atoms with van der Waals surface area (Å²) in [5.74, 6) is -0.426. The molecule has 0 aliphatic heterocycles. The van der Waals surface area contributed by atoms with Crippen molar-refractivity contribution in [3.63, 3.8) is 0 Å². The van der Waals surface area contributed by atoms with E-state index in [2.05, 4.69) is 20.1 Å². The van der Waals surface area contributed by atoms with Crippen LogP contribution in [-0.2, 0) is 18.6 Å². The van der Waals surface area contributed by atoms with Crippen molar-refractivity contribution in [2.45, 2.75) is 32.4 Å². The Labute approximate surface area is 129 Å². The molecule has 0 atom stereocenters. The average molecular weight is 325 g/mol. The van der Waals surface area contributed by atoms with Crippen molar-refractivity contribution < 1.29 is 17.7 Å². The molecule has 0 saturated heterocycles. The predicted octanol–water partition coefficient (Wildman–Crippen LogP) is 3.33. The van der Waals surface area contributed by atoms with Crippen molar-refractivity contribution in [1.82, 2.24) is 24.7 Å². The van der Waals surface area contributed by atoms with E-state index in [-0.39, 0.29) is 22.3 Å². The highest BCUT2D eigenvalue weighted by atomic mass is 19.4. The van der Waals surface area contributed by atoms with Gasteiger partial charge in [-0.2, -0.15) is 18.2 Å². The number of pyridine rings is 1. The molecule has 9 heteroatoms. The minimum atomic E-state index is -4.56. The number of rotatable bonds is 1. The fraction of sp³-hybridized carbons (Fsp3) is 0.429. The molecular formula is C14H14F3N5O. The number of hydrogen-bond donors (Lipinski definition) is 0. The fourth-order valence-corrected chi connectivity index (χ4v) is 2.22. The van der Waals surface area contributed by atoms with E-state index in [0.717, 1.165) is 4.57 Å². The molecule has 0 aromatic carbocycles. The van der Waals surface area contributed by atoms with Crippen LogP contribution < -0.4 is 0 Å². The van der Waals surface area contributed by atoms with Crippen LogP contribution >= 0.6 is 0 Å². The van der Waals surface area contributed by atoms with Crippen molar-refractivity contribution in [3.05, 3.63) is 24.0 Å². The lowest BCUT2D eigenvalue weighted by Crippen LogP contribution is -2.13. The Hall–Kier alpha value is -2.45. The van der Waals surface area contributed by atoms with Crippen molar-refractivity contribution in [2.75, 3.05) is 0 Å². The Morgan fingerprint density at radius 1 is 1.09 bits per heavy atom. The summed E-state index contributed by atoms with van der Waals surface area (Å²) in [7, 11) is 1.29. The van der Waals surface area contributed by atoms with E-state index in [0.29, 0.717) is 11.4 Å². The molecule has 0 bridgehead atoms. The zero-order valence-electron chi connectivity index (χ0n) is 12.9. The van der Waals surface area contributed by atoms with Gasteiger partial charge in [0.25, 0.3) is 5.89 Å². The van der Waals surface area contributed by atoms with Gasteiger partial charge in [0.2, 0.25) is 5.82 Å². The third-order valence-electron chi connectivity index (χ3n) is 3.36. The summed E-state index contributed by atoms with van der Waals surface area (Å²) in [6.45, 7) is 5.73. The van der Waals surface area contributed by atoms with Crippen LogP contribution in [0.25, 0.3) is 22.5 Å². The van der Waals surface area contributed by atoms with E-state index in [1.165, 1.54) is 19.4 Å². The maximum atomic E-state index is 13.0. The molecule has 0 N–H and O–H groups in total. The van der Waals surface area contributed by atoms with Gasteiger partial charge >= 0.3 is 6.18 Å². The van der Waals surface area contributed by atoms with Gasteiger partial charge in [0.15, 0.2) is 5.82 Å². The van der Waals surface area contributed by atoms with E-state index in [1.807, 2.05) is 20.8 Å². The van der Waals surface area contributed by atoms with E-state index >= 15 is 0 Å². The average Bonchev–Trinajstić information content (AvgIpc) is 3.02. The first-order valence-corrected chi connectivity index (χ1v) is 6.81. The number of aromatic nitrogens is 5. The molecule has 3 aromatic heterocycles. The second kappa shape index (κ2) is 4.77. The molecule has 3 rings (SSSR count). The van der Waals surface area contributed by atoms with Crippen LogP contribution in [0, 0.1) is 0 Å². The monoisotopic (exact) mass is 325 g/mol. The Bertz CT molecular complexity index is 873. The van der Waals surface area contributed by atoms with Crippen LogP contribution in [0.5, 0.6) is 0 Å². The van der Waals surface area contributed by atoms with Gasteiger partial charge in [0, 0.05) is 18.7 Å². The van der Waals surface area contributed by atoms with Gasteiger partial charge in [-0.3, -0.25) is 4.98 Å². The number of imidazole rings is 1. The lowest BCUT2D eigenvalue weighted by atomic mass is 9.96. The minimum absolute atomic E-state index is 0.116. The third kappa shape index (κ3) is 2.55. The first-order chi connectivity index (χ1) is 10.6. The smallest absolute Gasteiger partial charge is 0.334 e. The predicted molar refractivity (Wildman–Crippen MR) is 75.5 cm³/mol. The van der Waals surface area contributed by atoms with Crippen LogP contribution in [0.1, 0.15) is 32.4 Å². The van der Waals surface area contributed by atoms with Gasteiger partial charge in [-0.25, -0.2) is 4.98 Å². The lowest BCUT2D eigenvalue weighted by Gasteiger charge is -2.10. The van der Waals surface area contributed by atoms with Gasteiger partial charge in [-0.05, 0) is 0 Å². The molecule has 122 valence electrons. The third-order valence-corrected chi connectivity index (χ3v) is 3.36. The first kappa shape index (κ1) is 15.4. The molecule has 0 spiro atoms. The summed E-state index contributed by atoms with van der Waals surface area (Å²) in [5.41, 5.74) is 0.340. The fourth-order valence-electron chi connectivity index (χ4n) is 2.22. The number of halogens is 3. The SMILES string of the molecule is Cn1c(C(F)(F)F)nc2cncc(-c3nc(C(C)(C)C)no3)c21. The molecule has 23 heavy (non-hydrogen) atoms. The maximum Gasteiger partial charge on any atom is 0.449 e. The molecule has 0 aliphatic carbocycles. The molecule has 3 heterocycles. The van der Waals surface area contributed by atoms with Crippen molar-refractivity contribution in [2.24, 2.45) is 7.05 Å². The van der Waals surface area contributed by atoms with Crippen LogP contribution in [0.3, 0.4) is 0 Å².